The number of alkyl halides is 3. The van der Waals surface area contributed by atoms with Crippen LogP contribution in [-0.4, -0.2) is 18.6 Å². The van der Waals surface area contributed by atoms with Gasteiger partial charge in [0.2, 0.25) is 0 Å². The molecule has 3 nitrogen and oxygen atoms in total. The molecular formula is C10H11F3N2O. The van der Waals surface area contributed by atoms with E-state index >= 15 is 0 Å². The highest BCUT2D eigenvalue weighted by Gasteiger charge is 2.34. The molecule has 6 heteroatoms. The lowest BCUT2D eigenvalue weighted by molar-refractivity contribution is -0.141. The van der Waals surface area contributed by atoms with Gasteiger partial charge in [-0.3, -0.25) is 4.98 Å². The first-order valence-electron chi connectivity index (χ1n) is 4.83. The lowest BCUT2D eigenvalue weighted by Gasteiger charge is -2.25. The number of likely N-dealkylation sites (N-methyl/N-ethyl adjacent to an activating group) is 1. The smallest absolute Gasteiger partial charge is 0.375 e. The Kier molecular flexibility index (Phi) is 2.86. The largest absolute Gasteiger partial charge is 0.433 e. The van der Waals surface area contributed by atoms with Gasteiger partial charge in [-0.1, -0.05) is 0 Å². The number of pyridine rings is 1. The normalized spacial score (nSPS) is 20.6. The van der Waals surface area contributed by atoms with Crippen molar-refractivity contribution in [2.45, 2.75) is 18.8 Å². The molecule has 0 bridgehead atoms. The maximum atomic E-state index is 12.4. The summed E-state index contributed by atoms with van der Waals surface area (Å²) < 4.78 is 42.5. The van der Waals surface area contributed by atoms with E-state index in [4.69, 9.17) is 4.74 Å². The fraction of sp³-hybridized carbons (Fsp3) is 0.500. The van der Waals surface area contributed by atoms with E-state index in [0.717, 1.165) is 11.6 Å². The maximum absolute atomic E-state index is 12.4. The Morgan fingerprint density at radius 1 is 1.50 bits per heavy atom. The van der Waals surface area contributed by atoms with E-state index in [2.05, 4.69) is 10.3 Å². The second-order valence-corrected chi connectivity index (χ2v) is 3.62. The molecule has 0 aliphatic carbocycles. The topological polar surface area (TPSA) is 34.1 Å². The number of fused-ring (bicyclic) bond motifs is 1. The van der Waals surface area contributed by atoms with Crippen molar-refractivity contribution in [2.24, 2.45) is 0 Å². The molecule has 0 amide bonds. The molecule has 0 saturated carbocycles. The Bertz CT molecular complexity index is 392. The summed E-state index contributed by atoms with van der Waals surface area (Å²) >= 11 is 0. The van der Waals surface area contributed by atoms with Crippen LogP contribution < -0.4 is 5.32 Å². The Morgan fingerprint density at radius 3 is 2.88 bits per heavy atom. The summed E-state index contributed by atoms with van der Waals surface area (Å²) in [5.74, 6) is 0. The molecule has 2 rings (SSSR count). The first-order valence-corrected chi connectivity index (χ1v) is 4.83. The Morgan fingerprint density at radius 2 is 2.25 bits per heavy atom. The zero-order chi connectivity index (χ0) is 11.8. The van der Waals surface area contributed by atoms with Crippen molar-refractivity contribution in [1.82, 2.24) is 10.3 Å². The van der Waals surface area contributed by atoms with Gasteiger partial charge in [-0.05, 0) is 24.2 Å². The number of hydrogen-bond donors (Lipinski definition) is 1. The molecular weight excluding hydrogens is 221 g/mol. The highest BCUT2D eigenvalue weighted by molar-refractivity contribution is 5.31. The van der Waals surface area contributed by atoms with E-state index in [0.29, 0.717) is 12.2 Å². The second-order valence-electron chi connectivity index (χ2n) is 3.62. The van der Waals surface area contributed by atoms with Crippen LogP contribution in [0.25, 0.3) is 0 Å². The first kappa shape index (κ1) is 11.3. The van der Waals surface area contributed by atoms with Crippen LogP contribution in [0.3, 0.4) is 0 Å². The van der Waals surface area contributed by atoms with Gasteiger partial charge < -0.3 is 10.1 Å². The standard InChI is InChI=1S/C10H11F3N2O/c1-14-8-5-16-4-6-2-9(10(11,12)13)15-3-7(6)8/h2-3,8,14H,4-5H2,1H3/t8-/m1/s1. The Hall–Kier alpha value is -1.14. The minimum absolute atomic E-state index is 0.0847. The molecule has 1 aliphatic heterocycles. The third kappa shape index (κ3) is 2.03. The van der Waals surface area contributed by atoms with Crippen LogP contribution in [0.1, 0.15) is 22.9 Å². The maximum Gasteiger partial charge on any atom is 0.433 e. The molecule has 0 saturated heterocycles. The quantitative estimate of drug-likeness (QED) is 0.802. The highest BCUT2D eigenvalue weighted by Crippen LogP contribution is 2.31. The van der Waals surface area contributed by atoms with E-state index in [9.17, 15) is 13.2 Å². The van der Waals surface area contributed by atoms with Gasteiger partial charge in [0.1, 0.15) is 5.69 Å². The van der Waals surface area contributed by atoms with Gasteiger partial charge in [0.15, 0.2) is 0 Å². The molecule has 2 heterocycles. The second kappa shape index (κ2) is 4.03. The van der Waals surface area contributed by atoms with Crippen LogP contribution in [0.2, 0.25) is 0 Å². The van der Waals surface area contributed by atoms with Crippen molar-refractivity contribution in [3.63, 3.8) is 0 Å². The lowest BCUT2D eigenvalue weighted by Crippen LogP contribution is -2.27. The number of nitrogens with zero attached hydrogens (tertiary/aromatic N) is 1. The van der Waals surface area contributed by atoms with E-state index in [1.54, 1.807) is 7.05 Å². The molecule has 1 aliphatic rings. The predicted molar refractivity (Wildman–Crippen MR) is 50.7 cm³/mol. The van der Waals surface area contributed by atoms with Crippen LogP contribution >= 0.6 is 0 Å². The van der Waals surface area contributed by atoms with Crippen LogP contribution in [0, 0.1) is 0 Å². The number of rotatable bonds is 1. The van der Waals surface area contributed by atoms with E-state index in [-0.39, 0.29) is 12.6 Å². The van der Waals surface area contributed by atoms with Crippen molar-refractivity contribution in [3.8, 4) is 0 Å². The van der Waals surface area contributed by atoms with Crippen LogP contribution in [0.15, 0.2) is 12.3 Å². The Labute approximate surface area is 90.6 Å². The third-order valence-electron chi connectivity index (χ3n) is 2.58. The summed E-state index contributed by atoms with van der Waals surface area (Å²) in [6, 6.07) is 0.970. The fourth-order valence-electron chi connectivity index (χ4n) is 1.72. The molecule has 0 unspecified atom stereocenters. The monoisotopic (exact) mass is 232 g/mol. The van der Waals surface area contributed by atoms with Crippen molar-refractivity contribution in [1.29, 1.82) is 0 Å². The molecule has 88 valence electrons. The van der Waals surface area contributed by atoms with Gasteiger partial charge in [-0.25, -0.2) is 0 Å². The summed E-state index contributed by atoms with van der Waals surface area (Å²) in [7, 11) is 1.74. The van der Waals surface area contributed by atoms with Crippen molar-refractivity contribution in [3.05, 3.63) is 29.1 Å². The number of hydrogen-bond acceptors (Lipinski definition) is 3. The average Bonchev–Trinajstić information content (AvgIpc) is 2.26. The zero-order valence-corrected chi connectivity index (χ0v) is 8.64. The minimum Gasteiger partial charge on any atom is -0.375 e. The van der Waals surface area contributed by atoms with E-state index < -0.39 is 11.9 Å². The predicted octanol–water partition coefficient (Wildman–Crippen LogP) is 1.89. The molecule has 0 radical (unpaired) electrons. The molecule has 1 aromatic rings. The molecule has 0 aromatic carbocycles. The summed E-state index contributed by atoms with van der Waals surface area (Å²) in [4.78, 5) is 3.44. The molecule has 1 aromatic heterocycles. The number of ether oxygens (including phenoxy) is 1. The Balaban J connectivity index is 2.39. The fourth-order valence-corrected chi connectivity index (χ4v) is 1.72. The van der Waals surface area contributed by atoms with Crippen LogP contribution in [-0.2, 0) is 17.5 Å². The lowest BCUT2D eigenvalue weighted by atomic mass is 10.0. The van der Waals surface area contributed by atoms with Gasteiger partial charge in [0.25, 0.3) is 0 Å². The van der Waals surface area contributed by atoms with Crippen molar-refractivity contribution >= 4 is 0 Å². The molecule has 16 heavy (non-hydrogen) atoms. The number of halogens is 3. The number of aromatic nitrogens is 1. The summed E-state index contributed by atoms with van der Waals surface area (Å²) in [5, 5.41) is 2.97. The van der Waals surface area contributed by atoms with Crippen LogP contribution in [0.5, 0.6) is 0 Å². The zero-order valence-electron chi connectivity index (χ0n) is 8.64. The van der Waals surface area contributed by atoms with Gasteiger partial charge in [-0.15, -0.1) is 0 Å². The average molecular weight is 232 g/mol. The summed E-state index contributed by atoms with van der Waals surface area (Å²) in [6.45, 7) is 0.662. The first-order chi connectivity index (χ1) is 7.52. The summed E-state index contributed by atoms with van der Waals surface area (Å²) in [6.07, 6.45) is -3.12. The molecule has 0 spiro atoms. The van der Waals surface area contributed by atoms with E-state index in [1.165, 1.54) is 6.20 Å². The van der Waals surface area contributed by atoms with Gasteiger partial charge in [0, 0.05) is 6.20 Å². The van der Waals surface area contributed by atoms with E-state index in [1.807, 2.05) is 0 Å². The third-order valence-corrected chi connectivity index (χ3v) is 2.58. The highest BCUT2D eigenvalue weighted by atomic mass is 19.4. The minimum atomic E-state index is -4.40. The van der Waals surface area contributed by atoms with Crippen molar-refractivity contribution in [2.75, 3.05) is 13.7 Å². The van der Waals surface area contributed by atoms with Crippen molar-refractivity contribution < 1.29 is 17.9 Å². The SMILES string of the molecule is CN[C@@H]1COCc2cc(C(F)(F)F)ncc21. The van der Waals surface area contributed by atoms with Crippen LogP contribution in [0.4, 0.5) is 13.2 Å². The van der Waals surface area contributed by atoms with Gasteiger partial charge in [-0.2, -0.15) is 13.2 Å². The van der Waals surface area contributed by atoms with Gasteiger partial charge >= 0.3 is 6.18 Å². The summed E-state index contributed by atoms with van der Waals surface area (Å²) in [5.41, 5.74) is 0.460. The number of nitrogens with one attached hydrogen (secondary N) is 1. The molecule has 0 fully saturated rings. The molecule has 1 atom stereocenters. The van der Waals surface area contributed by atoms with Gasteiger partial charge in [0.05, 0.1) is 19.3 Å². The molecule has 1 N–H and O–H groups in total.